The van der Waals surface area contributed by atoms with Gasteiger partial charge >= 0.3 is 18.9 Å². The first-order valence-electron chi connectivity index (χ1n) is 6.44. The van der Waals surface area contributed by atoms with Crippen molar-refractivity contribution in [1.82, 2.24) is 0 Å². The number of hydrogen-bond donors (Lipinski definition) is 0. The van der Waals surface area contributed by atoms with E-state index in [2.05, 4.69) is 30.1 Å². The molecule has 0 fully saturated rings. The van der Waals surface area contributed by atoms with Crippen LogP contribution in [0.3, 0.4) is 0 Å². The van der Waals surface area contributed by atoms with Crippen molar-refractivity contribution in [2.45, 2.75) is 26.9 Å². The van der Waals surface area contributed by atoms with Crippen LogP contribution in [0.5, 0.6) is 0 Å². The van der Waals surface area contributed by atoms with E-state index in [-0.39, 0.29) is 25.0 Å². The third kappa shape index (κ3) is 4.88. The fourth-order valence-electron chi connectivity index (χ4n) is 1.64. The molecule has 98 valence electrons. The largest absolute Gasteiger partial charge is 1.00 e. The third-order valence-corrected chi connectivity index (χ3v) is 2.56. The Morgan fingerprint density at radius 3 is 2.35 bits per heavy atom. The fourth-order valence-corrected chi connectivity index (χ4v) is 1.64. The van der Waals surface area contributed by atoms with Crippen LogP contribution in [0.15, 0.2) is 53.5 Å². The standard InChI is InChI=1S/C17H18NO.Li/c1-13(2)19-17(15-11-9-14(3)10-12-15)18-16-7-5-4-6-8-16;/h4-7,9-13H,1-3H3;/q-1;+1. The first-order valence-corrected chi connectivity index (χ1v) is 6.44. The molecule has 0 saturated carbocycles. The molecule has 0 unspecified atom stereocenters. The summed E-state index contributed by atoms with van der Waals surface area (Å²) in [4.78, 5) is 4.54. The molecule has 0 amide bonds. The van der Waals surface area contributed by atoms with Crippen molar-refractivity contribution in [1.29, 1.82) is 0 Å². The van der Waals surface area contributed by atoms with Gasteiger partial charge in [-0.1, -0.05) is 17.7 Å². The molecule has 0 aromatic heterocycles. The molecule has 2 aromatic rings. The summed E-state index contributed by atoms with van der Waals surface area (Å²) >= 11 is 0. The van der Waals surface area contributed by atoms with E-state index in [1.807, 2.05) is 50.2 Å². The summed E-state index contributed by atoms with van der Waals surface area (Å²) in [6.45, 7) is 6.06. The van der Waals surface area contributed by atoms with Crippen molar-refractivity contribution in [2.75, 3.05) is 0 Å². The molecule has 0 N–H and O–H groups in total. The Kier molecular flexibility index (Phi) is 6.58. The van der Waals surface area contributed by atoms with Crippen molar-refractivity contribution in [3.63, 3.8) is 0 Å². The molecule has 0 aliphatic carbocycles. The zero-order valence-corrected chi connectivity index (χ0v) is 12.6. The van der Waals surface area contributed by atoms with Gasteiger partial charge in [-0.25, -0.2) is 4.99 Å². The van der Waals surface area contributed by atoms with Gasteiger partial charge in [0.1, 0.15) is 0 Å². The zero-order chi connectivity index (χ0) is 13.7. The van der Waals surface area contributed by atoms with Gasteiger partial charge in [-0.05, 0) is 38.6 Å². The van der Waals surface area contributed by atoms with Gasteiger partial charge in [-0.15, -0.1) is 6.07 Å². The second-order valence-electron chi connectivity index (χ2n) is 4.70. The smallest absolute Gasteiger partial charge is 0.475 e. The fraction of sp³-hybridized carbons (Fsp3) is 0.235. The number of benzene rings is 2. The summed E-state index contributed by atoms with van der Waals surface area (Å²) in [5, 5.41) is 0. The van der Waals surface area contributed by atoms with E-state index in [4.69, 9.17) is 4.74 Å². The minimum atomic E-state index is 0. The maximum atomic E-state index is 5.81. The van der Waals surface area contributed by atoms with Gasteiger partial charge in [-0.2, -0.15) is 24.3 Å². The van der Waals surface area contributed by atoms with E-state index in [9.17, 15) is 0 Å². The van der Waals surface area contributed by atoms with Crippen LogP contribution in [0, 0.1) is 13.0 Å². The summed E-state index contributed by atoms with van der Waals surface area (Å²) in [6, 6.07) is 18.9. The minimum Gasteiger partial charge on any atom is -0.475 e. The summed E-state index contributed by atoms with van der Waals surface area (Å²) in [5.41, 5.74) is 2.98. The van der Waals surface area contributed by atoms with Crippen LogP contribution in [0.2, 0.25) is 0 Å². The van der Waals surface area contributed by atoms with Gasteiger partial charge in [0, 0.05) is 5.56 Å². The monoisotopic (exact) mass is 259 g/mol. The molecule has 0 saturated heterocycles. The first kappa shape index (κ1) is 16.6. The van der Waals surface area contributed by atoms with Gasteiger partial charge < -0.3 is 4.74 Å². The molecule has 0 aliphatic heterocycles. The molecule has 2 rings (SSSR count). The second kappa shape index (κ2) is 7.94. The predicted molar refractivity (Wildman–Crippen MR) is 78.9 cm³/mol. The first-order chi connectivity index (χ1) is 9.15. The minimum absolute atomic E-state index is 0. The van der Waals surface area contributed by atoms with E-state index in [1.165, 1.54) is 5.56 Å². The third-order valence-electron chi connectivity index (χ3n) is 2.56. The molecule has 3 heteroatoms. The topological polar surface area (TPSA) is 21.6 Å². The maximum Gasteiger partial charge on any atom is 1.00 e. The quantitative estimate of drug-likeness (QED) is 0.352. The van der Waals surface area contributed by atoms with Crippen LogP contribution in [0.4, 0.5) is 5.69 Å². The van der Waals surface area contributed by atoms with Crippen LogP contribution in [-0.4, -0.2) is 12.0 Å². The van der Waals surface area contributed by atoms with Crippen LogP contribution < -0.4 is 18.9 Å². The predicted octanol–water partition coefficient (Wildman–Crippen LogP) is 1.30. The average molecular weight is 259 g/mol. The van der Waals surface area contributed by atoms with Crippen LogP contribution >= 0.6 is 0 Å². The van der Waals surface area contributed by atoms with Crippen LogP contribution in [-0.2, 0) is 4.74 Å². The molecule has 0 aliphatic rings. The Hall–Kier alpha value is -1.49. The van der Waals surface area contributed by atoms with E-state index in [0.717, 1.165) is 11.3 Å². The SMILES string of the molecule is Cc1ccc(C(=Nc2[c-]cccc2)OC(C)C)cc1.[Li+]. The molecule has 0 spiro atoms. The van der Waals surface area contributed by atoms with Crippen molar-refractivity contribution >= 4 is 11.6 Å². The Balaban J connectivity index is 0.00000200. The molecule has 2 nitrogen and oxygen atoms in total. The number of hydrogen-bond acceptors (Lipinski definition) is 2. The molecule has 0 radical (unpaired) electrons. The zero-order valence-electron chi connectivity index (χ0n) is 12.6. The van der Waals surface area contributed by atoms with Crippen LogP contribution in [0.25, 0.3) is 0 Å². The summed E-state index contributed by atoms with van der Waals surface area (Å²) < 4.78 is 5.81. The number of aliphatic imine (C=N–C) groups is 1. The second-order valence-corrected chi connectivity index (χ2v) is 4.70. The van der Waals surface area contributed by atoms with E-state index >= 15 is 0 Å². The van der Waals surface area contributed by atoms with Crippen molar-refractivity contribution < 1.29 is 23.6 Å². The summed E-state index contributed by atoms with van der Waals surface area (Å²) in [7, 11) is 0. The van der Waals surface area contributed by atoms with Crippen molar-refractivity contribution in [2.24, 2.45) is 4.99 Å². The van der Waals surface area contributed by atoms with Gasteiger partial charge in [0.25, 0.3) is 0 Å². The summed E-state index contributed by atoms with van der Waals surface area (Å²) in [5.74, 6) is 0.637. The van der Waals surface area contributed by atoms with Gasteiger partial charge in [-0.3, -0.25) is 0 Å². The Labute approximate surface area is 133 Å². The van der Waals surface area contributed by atoms with Gasteiger partial charge in [0.05, 0.1) is 6.10 Å². The number of rotatable bonds is 3. The Morgan fingerprint density at radius 2 is 1.80 bits per heavy atom. The molecule has 2 aromatic carbocycles. The number of aryl methyl sites for hydroxylation is 1. The number of nitrogens with zero attached hydrogens (tertiary/aromatic N) is 1. The maximum absolute atomic E-state index is 5.81. The summed E-state index contributed by atoms with van der Waals surface area (Å²) in [6.07, 6.45) is 0.0868. The van der Waals surface area contributed by atoms with E-state index < -0.39 is 0 Å². The average Bonchev–Trinajstić information content (AvgIpc) is 2.39. The molecule has 0 bridgehead atoms. The van der Waals surface area contributed by atoms with Crippen molar-refractivity contribution in [3.05, 3.63) is 65.7 Å². The van der Waals surface area contributed by atoms with E-state index in [0.29, 0.717) is 5.90 Å². The van der Waals surface area contributed by atoms with Crippen LogP contribution in [0.1, 0.15) is 25.0 Å². The van der Waals surface area contributed by atoms with E-state index in [1.54, 1.807) is 0 Å². The Bertz CT molecular complexity index is 547. The number of ether oxygens (including phenoxy) is 1. The molecule has 20 heavy (non-hydrogen) atoms. The molecular weight excluding hydrogens is 241 g/mol. The van der Waals surface area contributed by atoms with Gasteiger partial charge in [0.15, 0.2) is 0 Å². The number of para-hydroxylation sites is 1. The van der Waals surface area contributed by atoms with Gasteiger partial charge in [0.2, 0.25) is 5.90 Å². The molecule has 0 atom stereocenters. The van der Waals surface area contributed by atoms with Crippen molar-refractivity contribution in [3.8, 4) is 0 Å². The molecule has 0 heterocycles. The molecular formula is C17H18LiNO. The normalized spacial score (nSPS) is 11.1. The Morgan fingerprint density at radius 1 is 1.10 bits per heavy atom.